The maximum Gasteiger partial charge on any atom is 0.250 e. The summed E-state index contributed by atoms with van der Waals surface area (Å²) in [4.78, 5) is 12.0. The van der Waals surface area contributed by atoms with Crippen molar-refractivity contribution in [3.63, 3.8) is 0 Å². The second kappa shape index (κ2) is 11.5. The van der Waals surface area contributed by atoms with Crippen LogP contribution < -0.4 is 10.2 Å². The summed E-state index contributed by atoms with van der Waals surface area (Å²) in [7, 11) is 1.61. The number of halogens is 1. The van der Waals surface area contributed by atoms with Gasteiger partial charge in [-0.1, -0.05) is 64.7 Å². The molecule has 0 spiro atoms. The average molecular weight is 524 g/mol. The maximum atomic E-state index is 12.0. The van der Waals surface area contributed by atoms with Crippen LogP contribution in [0.15, 0.2) is 60.7 Å². The first kappa shape index (κ1) is 22.8. The third-order valence-corrected chi connectivity index (χ3v) is 7.66. The van der Waals surface area contributed by atoms with Gasteiger partial charge in [-0.25, -0.2) is 5.43 Å². The Kier molecular flexibility index (Phi) is 8.74. The van der Waals surface area contributed by atoms with Crippen LogP contribution in [-0.2, 0) is 10.5 Å². The highest BCUT2D eigenvalue weighted by atomic mass is 79.9. The maximum absolute atomic E-state index is 12.0. The summed E-state index contributed by atoms with van der Waals surface area (Å²) in [5, 5.41) is 12.3. The van der Waals surface area contributed by atoms with Crippen LogP contribution in [0.2, 0.25) is 0 Å². The Bertz CT molecular complexity index is 1030. The molecule has 3 aromatic rings. The van der Waals surface area contributed by atoms with E-state index in [1.165, 1.54) is 34.2 Å². The molecule has 0 atom stereocenters. The molecule has 0 unspecified atom stereocenters. The van der Waals surface area contributed by atoms with E-state index in [9.17, 15) is 4.79 Å². The largest absolute Gasteiger partial charge is 0.496 e. The molecule has 1 amide bonds. The number of aryl methyl sites for hydroxylation is 1. The van der Waals surface area contributed by atoms with Gasteiger partial charge in [0.2, 0.25) is 0 Å². The smallest absolute Gasteiger partial charge is 0.250 e. The fraction of sp³-hybridized carbons (Fsp3) is 0.200. The predicted molar refractivity (Wildman–Crippen MR) is 128 cm³/mol. The molecule has 0 aliphatic carbocycles. The van der Waals surface area contributed by atoms with Gasteiger partial charge >= 0.3 is 0 Å². The number of thioether (sulfide) groups is 2. The average Bonchev–Trinajstić information content (AvgIpc) is 3.20. The minimum absolute atomic E-state index is 0.201. The molecule has 156 valence electrons. The topological polar surface area (TPSA) is 76.5 Å². The van der Waals surface area contributed by atoms with Gasteiger partial charge in [0.05, 0.1) is 23.5 Å². The van der Waals surface area contributed by atoms with Crippen molar-refractivity contribution >= 4 is 62.9 Å². The number of methoxy groups -OCH3 is 1. The quantitative estimate of drug-likeness (QED) is 0.238. The van der Waals surface area contributed by atoms with E-state index in [-0.39, 0.29) is 11.7 Å². The van der Waals surface area contributed by atoms with Gasteiger partial charge in [-0.05, 0) is 52.2 Å². The molecular weight excluding hydrogens is 504 g/mol. The number of ether oxygens (including phenoxy) is 1. The van der Waals surface area contributed by atoms with Gasteiger partial charge < -0.3 is 4.74 Å². The van der Waals surface area contributed by atoms with Crippen molar-refractivity contribution in [1.82, 2.24) is 15.6 Å². The van der Waals surface area contributed by atoms with Crippen molar-refractivity contribution in [2.24, 2.45) is 5.10 Å². The van der Waals surface area contributed by atoms with Crippen molar-refractivity contribution in [3.8, 4) is 5.75 Å². The summed E-state index contributed by atoms with van der Waals surface area (Å²) in [5.41, 5.74) is 5.86. The molecule has 6 nitrogen and oxygen atoms in total. The van der Waals surface area contributed by atoms with Crippen molar-refractivity contribution < 1.29 is 9.53 Å². The molecule has 0 saturated carbocycles. The number of carbonyl (C=O) groups excluding carboxylic acids is 1. The third kappa shape index (κ3) is 7.12. The van der Waals surface area contributed by atoms with Gasteiger partial charge in [0.25, 0.3) is 5.91 Å². The molecular formula is C20H19BrN4O2S3. The number of nitrogens with zero attached hydrogens (tertiary/aromatic N) is 3. The van der Waals surface area contributed by atoms with Crippen molar-refractivity contribution in [2.75, 3.05) is 12.9 Å². The van der Waals surface area contributed by atoms with Gasteiger partial charge in [-0.15, -0.1) is 10.2 Å². The molecule has 0 saturated heterocycles. The molecule has 1 heterocycles. The lowest BCUT2D eigenvalue weighted by atomic mass is 10.2. The Hall–Kier alpha value is -1.88. The first-order valence-electron chi connectivity index (χ1n) is 8.83. The van der Waals surface area contributed by atoms with Crippen molar-refractivity contribution in [1.29, 1.82) is 0 Å². The highest BCUT2D eigenvalue weighted by molar-refractivity contribution is 9.10. The van der Waals surface area contributed by atoms with E-state index >= 15 is 0 Å². The van der Waals surface area contributed by atoms with E-state index in [4.69, 9.17) is 4.74 Å². The zero-order valence-corrected chi connectivity index (χ0v) is 20.3. The highest BCUT2D eigenvalue weighted by Gasteiger charge is 2.09. The van der Waals surface area contributed by atoms with E-state index in [1.54, 1.807) is 25.1 Å². The zero-order chi connectivity index (χ0) is 21.3. The molecule has 0 bridgehead atoms. The summed E-state index contributed by atoms with van der Waals surface area (Å²) >= 11 is 7.90. The molecule has 30 heavy (non-hydrogen) atoms. The van der Waals surface area contributed by atoms with Crippen LogP contribution >= 0.6 is 50.8 Å². The van der Waals surface area contributed by atoms with Crippen molar-refractivity contribution in [2.45, 2.75) is 21.4 Å². The monoisotopic (exact) mass is 522 g/mol. The summed E-state index contributed by atoms with van der Waals surface area (Å²) in [5.74, 6) is 1.60. The van der Waals surface area contributed by atoms with Gasteiger partial charge in [-0.2, -0.15) is 5.10 Å². The fourth-order valence-electron chi connectivity index (χ4n) is 2.24. The number of amides is 1. The Labute approximate surface area is 196 Å². The van der Waals surface area contributed by atoms with E-state index in [0.717, 1.165) is 30.2 Å². The van der Waals surface area contributed by atoms with Crippen LogP contribution in [0.25, 0.3) is 0 Å². The number of carbonyl (C=O) groups is 1. The second-order valence-corrected chi connectivity index (χ2v) is 10.4. The minimum atomic E-state index is -0.201. The first-order valence-corrected chi connectivity index (χ1v) is 12.4. The summed E-state index contributed by atoms with van der Waals surface area (Å²) in [6.07, 6.45) is 1.58. The fourth-order valence-corrected chi connectivity index (χ4v) is 5.57. The lowest BCUT2D eigenvalue weighted by molar-refractivity contribution is -0.118. The Morgan fingerprint density at radius 1 is 1.20 bits per heavy atom. The number of benzene rings is 2. The molecule has 1 aromatic heterocycles. The van der Waals surface area contributed by atoms with Crippen LogP contribution in [0.5, 0.6) is 5.75 Å². The minimum Gasteiger partial charge on any atom is -0.496 e. The second-order valence-electron chi connectivity index (χ2n) is 6.08. The molecule has 10 heteroatoms. The zero-order valence-electron chi connectivity index (χ0n) is 16.3. The molecule has 0 fully saturated rings. The van der Waals surface area contributed by atoms with Gasteiger partial charge in [-0.3, -0.25) is 4.79 Å². The number of nitrogens with one attached hydrogen (secondary N) is 1. The molecule has 0 aliphatic heterocycles. The van der Waals surface area contributed by atoms with Gasteiger partial charge in [0.1, 0.15) is 5.75 Å². The van der Waals surface area contributed by atoms with E-state index in [0.29, 0.717) is 0 Å². The van der Waals surface area contributed by atoms with Crippen molar-refractivity contribution in [3.05, 3.63) is 63.6 Å². The van der Waals surface area contributed by atoms with E-state index in [2.05, 4.69) is 67.8 Å². The summed E-state index contributed by atoms with van der Waals surface area (Å²) in [6, 6.07) is 14.0. The Morgan fingerprint density at radius 2 is 1.93 bits per heavy atom. The molecule has 0 radical (unpaired) electrons. The summed E-state index contributed by atoms with van der Waals surface area (Å²) in [6.45, 7) is 2.07. The van der Waals surface area contributed by atoms with Crippen LogP contribution in [-0.4, -0.2) is 35.2 Å². The van der Waals surface area contributed by atoms with E-state index < -0.39 is 0 Å². The van der Waals surface area contributed by atoms with Crippen LogP contribution in [0.3, 0.4) is 0 Å². The van der Waals surface area contributed by atoms with E-state index in [1.807, 2.05) is 18.2 Å². The SMILES string of the molecule is COc1ccc(/C=N/NC(=O)CSc2nnc(SCc3ccc(C)cc3)s2)cc1Br. The number of aromatic nitrogens is 2. The molecule has 2 aromatic carbocycles. The lowest BCUT2D eigenvalue weighted by Crippen LogP contribution is -2.19. The highest BCUT2D eigenvalue weighted by Crippen LogP contribution is 2.30. The third-order valence-electron chi connectivity index (χ3n) is 3.78. The number of rotatable bonds is 9. The molecule has 3 rings (SSSR count). The van der Waals surface area contributed by atoms with Gasteiger partial charge in [0.15, 0.2) is 8.68 Å². The van der Waals surface area contributed by atoms with Gasteiger partial charge in [0, 0.05) is 5.75 Å². The summed E-state index contributed by atoms with van der Waals surface area (Å²) < 4.78 is 7.66. The lowest BCUT2D eigenvalue weighted by Gasteiger charge is -2.03. The standard InChI is InChI=1S/C20H19BrN4O2S3/c1-13-3-5-14(6-4-13)11-28-19-24-25-20(30-19)29-12-18(26)23-22-10-15-7-8-17(27-2)16(21)9-15/h3-10H,11-12H2,1-2H3,(H,23,26)/b22-10+. The predicted octanol–water partition coefficient (Wildman–Crippen LogP) is 5.15. The normalized spacial score (nSPS) is 11.0. The number of hydrogen-bond acceptors (Lipinski definition) is 8. The van der Waals surface area contributed by atoms with Crippen LogP contribution in [0.4, 0.5) is 0 Å². The van der Waals surface area contributed by atoms with Crippen LogP contribution in [0.1, 0.15) is 16.7 Å². The molecule has 1 N–H and O–H groups in total. The number of hydrogen-bond donors (Lipinski definition) is 1. The molecule has 0 aliphatic rings. The first-order chi connectivity index (χ1) is 14.5. The van der Waals surface area contributed by atoms with Crippen LogP contribution in [0, 0.1) is 6.92 Å². The Morgan fingerprint density at radius 3 is 2.63 bits per heavy atom. The Balaban J connectivity index is 1.41. The number of hydrazone groups is 1.